The second kappa shape index (κ2) is 22.4. The minimum Gasteiger partial charge on any atom is -0.549 e. The van der Waals surface area contributed by atoms with Crippen LogP contribution in [0, 0.1) is 0 Å². The van der Waals surface area contributed by atoms with Crippen LogP contribution in [0.2, 0.25) is 0 Å². The van der Waals surface area contributed by atoms with Crippen molar-refractivity contribution in [2.45, 2.75) is 0 Å². The molecular weight excluding hydrogens is 411 g/mol. The van der Waals surface area contributed by atoms with E-state index in [1.807, 2.05) is 0 Å². The zero-order chi connectivity index (χ0) is 19.2. The number of carbonyl (C=O) groups excluding carboxylic acids is 3. The molecule has 1 aliphatic rings. The molecule has 0 aromatic carbocycles. The molecule has 12 nitrogen and oxygen atoms in total. The molecule has 15 heteroatoms. The maximum Gasteiger partial charge on any atom is 1.00 e. The Hall–Kier alpha value is 0.720. The summed E-state index contributed by atoms with van der Waals surface area (Å²) in [6.07, 6.45) is 0. The number of nitrogens with zero attached hydrogens (tertiary/aromatic N) is 2. The molecule has 28 heavy (non-hydrogen) atoms. The van der Waals surface area contributed by atoms with Crippen molar-refractivity contribution in [1.29, 1.82) is 0 Å². The van der Waals surface area contributed by atoms with Gasteiger partial charge in [0.1, 0.15) is 0 Å². The van der Waals surface area contributed by atoms with Gasteiger partial charge in [-0.2, -0.15) is 0 Å². The number of carboxylic acids is 4. The molecule has 2 N–H and O–H groups in total. The molecule has 0 amide bonds. The van der Waals surface area contributed by atoms with Crippen LogP contribution >= 0.6 is 0 Å². The van der Waals surface area contributed by atoms with Crippen LogP contribution in [0.25, 0.3) is 0 Å². The van der Waals surface area contributed by atoms with Crippen LogP contribution in [0.5, 0.6) is 0 Å². The number of hydrogen-bond acceptors (Lipinski definition) is 11. The zero-order valence-electron chi connectivity index (χ0n) is 16.5. The fraction of sp³-hybridized carbons (Fsp3) is 0.692. The van der Waals surface area contributed by atoms with Gasteiger partial charge in [0.25, 0.3) is 0 Å². The third-order valence-electron chi connectivity index (χ3n) is 2.78. The zero-order valence-corrected chi connectivity index (χ0v) is 22.5. The minimum absolute atomic E-state index is 0. The van der Waals surface area contributed by atoms with Crippen LogP contribution < -0.4 is 109 Å². The van der Waals surface area contributed by atoms with Gasteiger partial charge in [-0.3, -0.25) is 19.9 Å². The average molecular weight is 431 g/mol. The summed E-state index contributed by atoms with van der Waals surface area (Å²) in [6.45, 7) is -0.334. The predicted octanol–water partition coefficient (Wildman–Crippen LogP) is -15.5. The Balaban J connectivity index is -0.000000311. The van der Waals surface area contributed by atoms with E-state index in [1.165, 1.54) is 0 Å². The summed E-state index contributed by atoms with van der Waals surface area (Å²) < 4.78 is 4.83. The van der Waals surface area contributed by atoms with Crippen LogP contribution in [-0.2, 0) is 23.9 Å². The van der Waals surface area contributed by atoms with E-state index < -0.39 is 50.1 Å². The molecule has 0 aromatic heterocycles. The summed E-state index contributed by atoms with van der Waals surface area (Å²) in [4.78, 5) is 43.7. The van der Waals surface area contributed by atoms with Crippen molar-refractivity contribution in [2.24, 2.45) is 0 Å². The molecule has 0 aromatic rings. The molecule has 144 valence electrons. The molecule has 1 aliphatic heterocycles. The SMILES string of the molecule is C1COCN1.O=C([O-])CN(CCN(CC(=O)[O-])CC(=O)O)CC(=O)[O-].[Na+].[Na+].[Na+]. The first-order valence-corrected chi connectivity index (χ1v) is 7.25. The first-order chi connectivity index (χ1) is 11.7. The first kappa shape index (κ1) is 36.1. The predicted molar refractivity (Wildman–Crippen MR) is 74.4 cm³/mol. The van der Waals surface area contributed by atoms with E-state index in [1.54, 1.807) is 0 Å². The fourth-order valence-electron chi connectivity index (χ4n) is 1.81. The number of nitrogens with one attached hydrogen (secondary N) is 1. The van der Waals surface area contributed by atoms with E-state index in [-0.39, 0.29) is 102 Å². The number of carbonyl (C=O) groups is 4. The molecule has 1 heterocycles. The van der Waals surface area contributed by atoms with Crippen LogP contribution in [0.4, 0.5) is 0 Å². The van der Waals surface area contributed by atoms with Gasteiger partial charge in [0.15, 0.2) is 0 Å². The summed E-state index contributed by atoms with van der Waals surface area (Å²) >= 11 is 0. The molecule has 0 bridgehead atoms. The van der Waals surface area contributed by atoms with Gasteiger partial charge in [-0.05, 0) is 0 Å². The number of carboxylic acid groups (broad SMARTS) is 4. The summed E-state index contributed by atoms with van der Waals surface area (Å²) in [5, 5.41) is 42.8. The van der Waals surface area contributed by atoms with Gasteiger partial charge in [-0.25, -0.2) is 0 Å². The second-order valence-electron chi connectivity index (χ2n) is 4.98. The molecular formula is C13H20N3Na3O9. The van der Waals surface area contributed by atoms with Crippen molar-refractivity contribution >= 4 is 23.9 Å². The van der Waals surface area contributed by atoms with Crippen molar-refractivity contribution in [3.05, 3.63) is 0 Å². The first-order valence-electron chi connectivity index (χ1n) is 7.25. The normalized spacial score (nSPS) is 11.9. The number of aliphatic carboxylic acids is 4. The van der Waals surface area contributed by atoms with E-state index in [9.17, 15) is 34.5 Å². The molecule has 1 saturated heterocycles. The third-order valence-corrected chi connectivity index (χ3v) is 2.78. The quantitative estimate of drug-likeness (QED) is 0.295. The monoisotopic (exact) mass is 431 g/mol. The van der Waals surface area contributed by atoms with Gasteiger partial charge in [-0.15, -0.1) is 0 Å². The van der Waals surface area contributed by atoms with E-state index >= 15 is 0 Å². The molecule has 0 spiro atoms. The molecule has 0 unspecified atom stereocenters. The summed E-state index contributed by atoms with van der Waals surface area (Å²) in [6, 6.07) is 0. The average Bonchev–Trinajstić information content (AvgIpc) is 3.01. The van der Waals surface area contributed by atoms with Gasteiger partial charge in [0.05, 0.1) is 37.8 Å². The van der Waals surface area contributed by atoms with Gasteiger partial charge >= 0.3 is 94.6 Å². The van der Waals surface area contributed by atoms with Crippen LogP contribution in [0.1, 0.15) is 0 Å². The van der Waals surface area contributed by atoms with Crippen LogP contribution in [0.3, 0.4) is 0 Å². The second-order valence-corrected chi connectivity index (χ2v) is 4.98. The molecule has 0 atom stereocenters. The van der Waals surface area contributed by atoms with Crippen molar-refractivity contribution in [3.63, 3.8) is 0 Å². The van der Waals surface area contributed by atoms with Crippen LogP contribution in [0.15, 0.2) is 0 Å². The van der Waals surface area contributed by atoms with Gasteiger partial charge in [0.2, 0.25) is 0 Å². The fourth-order valence-corrected chi connectivity index (χ4v) is 1.81. The largest absolute Gasteiger partial charge is 1.00 e. The Morgan fingerprint density at radius 1 is 0.821 bits per heavy atom. The van der Waals surface area contributed by atoms with Gasteiger partial charge in [-0.1, -0.05) is 0 Å². The van der Waals surface area contributed by atoms with Crippen LogP contribution in [-0.4, -0.2) is 97.9 Å². The number of ether oxygens (including phenoxy) is 1. The summed E-state index contributed by atoms with van der Waals surface area (Å²) in [5.74, 6) is -5.82. The van der Waals surface area contributed by atoms with Crippen molar-refractivity contribution < 1.29 is 133 Å². The maximum absolute atomic E-state index is 10.5. The van der Waals surface area contributed by atoms with E-state index in [0.717, 1.165) is 29.7 Å². The standard InChI is InChI=1S/C10H16N2O8.C3H7NO.3Na/c13-7(14)3-11(4-8(15)16)1-2-12(5-9(17)18)6-10(19)20;1-2-5-3-4-1;;;/h1-6H2,(H,13,14)(H,15,16)(H,17,18)(H,19,20);4H,1-3H2;;;/q;;3*+1/p-3. The summed E-state index contributed by atoms with van der Waals surface area (Å²) in [7, 11) is 0. The Bertz CT molecular complexity index is 392. The van der Waals surface area contributed by atoms with E-state index in [4.69, 9.17) is 9.84 Å². The Kier molecular flexibility index (Phi) is 28.9. The van der Waals surface area contributed by atoms with Crippen molar-refractivity contribution in [2.75, 3.05) is 59.2 Å². The molecule has 0 aliphatic carbocycles. The smallest absolute Gasteiger partial charge is 0.549 e. The Labute approximate surface area is 228 Å². The third kappa shape index (κ3) is 24.8. The minimum atomic E-state index is -1.52. The summed E-state index contributed by atoms with van der Waals surface area (Å²) in [5.41, 5.74) is 0. The topological polar surface area (TPSA) is 185 Å². The number of rotatable bonds is 11. The van der Waals surface area contributed by atoms with Gasteiger partial charge in [0, 0.05) is 39.3 Å². The van der Waals surface area contributed by atoms with E-state index in [2.05, 4.69) is 5.32 Å². The molecule has 0 saturated carbocycles. The molecule has 1 fully saturated rings. The van der Waals surface area contributed by atoms with Crippen molar-refractivity contribution in [1.82, 2.24) is 15.1 Å². The number of hydrogen-bond donors (Lipinski definition) is 2. The van der Waals surface area contributed by atoms with Gasteiger partial charge < -0.3 is 39.5 Å². The molecule has 1 rings (SSSR count). The Morgan fingerprint density at radius 2 is 1.21 bits per heavy atom. The Morgan fingerprint density at radius 3 is 1.43 bits per heavy atom. The molecule has 0 radical (unpaired) electrons. The van der Waals surface area contributed by atoms with Crippen molar-refractivity contribution in [3.8, 4) is 0 Å². The van der Waals surface area contributed by atoms with E-state index in [0.29, 0.717) is 0 Å². The maximum atomic E-state index is 10.5.